The Balaban J connectivity index is 3.23. The zero-order valence-electron chi connectivity index (χ0n) is 7.90. The Bertz CT molecular complexity index is 388. The Kier molecular flexibility index (Phi) is 2.81. The third-order valence-corrected chi connectivity index (χ3v) is 1.95. The van der Waals surface area contributed by atoms with Gasteiger partial charge in [0.1, 0.15) is 0 Å². The van der Waals surface area contributed by atoms with Crippen LogP contribution >= 0.6 is 0 Å². The van der Waals surface area contributed by atoms with Gasteiger partial charge in [0.05, 0.1) is 4.92 Å². The fraction of sp³-hybridized carbons (Fsp3) is 0.222. The third kappa shape index (κ3) is 1.87. The highest BCUT2D eigenvalue weighted by Crippen LogP contribution is 2.25. The second-order valence-corrected chi connectivity index (χ2v) is 2.97. The summed E-state index contributed by atoms with van der Waals surface area (Å²) in [6.07, 6.45) is 0.549. The highest BCUT2D eigenvalue weighted by Gasteiger charge is 2.12. The summed E-state index contributed by atoms with van der Waals surface area (Å²) in [6.45, 7) is 3.34. The Hall–Kier alpha value is -1.91. The second kappa shape index (κ2) is 3.87. The average Bonchev–Trinajstić information content (AvgIpc) is 2.10. The van der Waals surface area contributed by atoms with Gasteiger partial charge in [0.2, 0.25) is 6.41 Å². The molecule has 0 aliphatic rings. The van der Waals surface area contributed by atoms with Gasteiger partial charge < -0.3 is 5.32 Å². The van der Waals surface area contributed by atoms with Crippen molar-refractivity contribution in [3.05, 3.63) is 33.4 Å². The predicted octanol–water partition coefficient (Wildman–Crippen LogP) is 1.78. The molecule has 0 aliphatic carbocycles. The molecule has 1 amide bonds. The fourth-order valence-corrected chi connectivity index (χ4v) is 1.22. The highest BCUT2D eigenvalue weighted by atomic mass is 16.6. The molecule has 0 spiro atoms. The molecule has 0 saturated heterocycles. The molecule has 0 bridgehead atoms. The number of nitrogens with one attached hydrogen (secondary N) is 1. The molecule has 1 aromatic carbocycles. The maximum absolute atomic E-state index is 10.6. The van der Waals surface area contributed by atoms with Crippen LogP contribution in [0.15, 0.2) is 12.1 Å². The average molecular weight is 194 g/mol. The van der Waals surface area contributed by atoms with Crippen molar-refractivity contribution >= 4 is 17.8 Å². The Labute approximate surface area is 80.9 Å². The first-order valence-corrected chi connectivity index (χ1v) is 4.02. The summed E-state index contributed by atoms with van der Waals surface area (Å²) < 4.78 is 0. The van der Waals surface area contributed by atoms with Crippen LogP contribution in [-0.2, 0) is 4.79 Å². The first kappa shape index (κ1) is 10.2. The minimum absolute atomic E-state index is 0.0685. The van der Waals surface area contributed by atoms with E-state index in [0.717, 1.165) is 0 Å². The van der Waals surface area contributed by atoms with Crippen LogP contribution < -0.4 is 5.32 Å². The highest BCUT2D eigenvalue weighted by molar-refractivity contribution is 5.75. The van der Waals surface area contributed by atoms with Crippen LogP contribution in [0.5, 0.6) is 0 Å². The first-order valence-electron chi connectivity index (χ1n) is 4.02. The molecule has 5 heteroatoms. The fourth-order valence-electron chi connectivity index (χ4n) is 1.22. The second-order valence-electron chi connectivity index (χ2n) is 2.97. The number of hydrogen-bond acceptors (Lipinski definition) is 3. The number of anilines is 1. The molecule has 0 heterocycles. The molecule has 74 valence electrons. The van der Waals surface area contributed by atoms with Gasteiger partial charge in [-0.15, -0.1) is 0 Å². The normalized spacial score (nSPS) is 9.57. The molecular formula is C9H10N2O3. The SMILES string of the molecule is Cc1cc([N+](=O)[O-])c(C)cc1NC=O. The predicted molar refractivity (Wildman–Crippen MR) is 52.3 cm³/mol. The van der Waals surface area contributed by atoms with Crippen molar-refractivity contribution < 1.29 is 9.72 Å². The number of amides is 1. The summed E-state index contributed by atoms with van der Waals surface area (Å²) in [5.41, 5.74) is 1.88. The monoisotopic (exact) mass is 194 g/mol. The minimum atomic E-state index is -0.437. The molecule has 0 radical (unpaired) electrons. The van der Waals surface area contributed by atoms with Crippen molar-refractivity contribution in [3.63, 3.8) is 0 Å². The van der Waals surface area contributed by atoms with Crippen molar-refractivity contribution in [3.8, 4) is 0 Å². The van der Waals surface area contributed by atoms with Crippen molar-refractivity contribution in [1.82, 2.24) is 0 Å². The van der Waals surface area contributed by atoms with Crippen molar-refractivity contribution in [2.24, 2.45) is 0 Å². The summed E-state index contributed by atoms with van der Waals surface area (Å²) in [5.74, 6) is 0. The lowest BCUT2D eigenvalue weighted by Gasteiger charge is -2.05. The number of carbonyl (C=O) groups is 1. The van der Waals surface area contributed by atoms with E-state index >= 15 is 0 Å². The summed E-state index contributed by atoms with van der Waals surface area (Å²) in [5, 5.41) is 13.0. The van der Waals surface area contributed by atoms with E-state index in [-0.39, 0.29) is 5.69 Å². The topological polar surface area (TPSA) is 72.2 Å². The minimum Gasteiger partial charge on any atom is -0.328 e. The van der Waals surface area contributed by atoms with Crippen LogP contribution in [0.25, 0.3) is 0 Å². The van der Waals surface area contributed by atoms with E-state index in [1.807, 2.05) is 0 Å². The zero-order chi connectivity index (χ0) is 10.7. The van der Waals surface area contributed by atoms with E-state index in [1.54, 1.807) is 19.9 Å². The maximum Gasteiger partial charge on any atom is 0.272 e. The van der Waals surface area contributed by atoms with Crippen LogP contribution in [0.3, 0.4) is 0 Å². The van der Waals surface area contributed by atoms with Gasteiger partial charge in [-0.25, -0.2) is 0 Å². The molecule has 0 saturated carbocycles. The van der Waals surface area contributed by atoms with Crippen LogP contribution in [-0.4, -0.2) is 11.3 Å². The van der Waals surface area contributed by atoms with Crippen LogP contribution in [0, 0.1) is 24.0 Å². The molecule has 5 nitrogen and oxygen atoms in total. The van der Waals surface area contributed by atoms with Gasteiger partial charge in [-0.2, -0.15) is 0 Å². The molecule has 0 unspecified atom stereocenters. The standard InChI is InChI=1S/C9H10N2O3/c1-6-4-9(11(13)14)7(2)3-8(6)10-5-12/h3-5H,1-2H3,(H,10,12). The molecule has 1 N–H and O–H groups in total. The summed E-state index contributed by atoms with van der Waals surface area (Å²) in [6, 6.07) is 3.03. The van der Waals surface area contributed by atoms with Gasteiger partial charge in [-0.3, -0.25) is 14.9 Å². The number of carbonyl (C=O) groups excluding carboxylic acids is 1. The van der Waals surface area contributed by atoms with E-state index < -0.39 is 4.92 Å². The third-order valence-electron chi connectivity index (χ3n) is 1.95. The van der Waals surface area contributed by atoms with Gasteiger partial charge in [0.15, 0.2) is 0 Å². The number of rotatable bonds is 3. The maximum atomic E-state index is 10.6. The number of hydrogen-bond donors (Lipinski definition) is 1. The molecule has 1 rings (SSSR count). The number of aryl methyl sites for hydroxylation is 2. The van der Waals surface area contributed by atoms with Gasteiger partial charge in [0.25, 0.3) is 5.69 Å². The first-order chi connectivity index (χ1) is 6.56. The van der Waals surface area contributed by atoms with Crippen molar-refractivity contribution in [2.45, 2.75) is 13.8 Å². The van der Waals surface area contributed by atoms with Crippen molar-refractivity contribution in [2.75, 3.05) is 5.32 Å². The van der Waals surface area contributed by atoms with Crippen LogP contribution in [0.4, 0.5) is 11.4 Å². The lowest BCUT2D eigenvalue weighted by molar-refractivity contribution is -0.385. The smallest absolute Gasteiger partial charge is 0.272 e. The molecular weight excluding hydrogens is 184 g/mol. The van der Waals surface area contributed by atoms with Crippen LogP contribution in [0.1, 0.15) is 11.1 Å². The van der Waals surface area contributed by atoms with Gasteiger partial charge in [-0.05, 0) is 25.5 Å². The van der Waals surface area contributed by atoms with Crippen LogP contribution in [0.2, 0.25) is 0 Å². The van der Waals surface area contributed by atoms with Gasteiger partial charge in [0, 0.05) is 17.3 Å². The Morgan fingerprint density at radius 3 is 2.50 bits per heavy atom. The van der Waals surface area contributed by atoms with E-state index in [9.17, 15) is 14.9 Å². The van der Waals surface area contributed by atoms with E-state index in [4.69, 9.17) is 0 Å². The number of nitrogens with zero attached hydrogens (tertiary/aromatic N) is 1. The molecule has 0 aromatic heterocycles. The molecule has 0 atom stereocenters. The van der Waals surface area contributed by atoms with Gasteiger partial charge in [-0.1, -0.05) is 0 Å². The largest absolute Gasteiger partial charge is 0.328 e. The van der Waals surface area contributed by atoms with E-state index in [2.05, 4.69) is 5.32 Å². The molecule has 14 heavy (non-hydrogen) atoms. The summed E-state index contributed by atoms with van der Waals surface area (Å²) in [7, 11) is 0. The van der Waals surface area contributed by atoms with E-state index in [0.29, 0.717) is 23.2 Å². The zero-order valence-corrected chi connectivity index (χ0v) is 7.90. The lowest BCUT2D eigenvalue weighted by atomic mass is 10.1. The van der Waals surface area contributed by atoms with E-state index in [1.165, 1.54) is 6.07 Å². The number of nitro benzene ring substituents is 1. The quantitative estimate of drug-likeness (QED) is 0.453. The molecule has 0 aliphatic heterocycles. The Morgan fingerprint density at radius 1 is 1.36 bits per heavy atom. The Morgan fingerprint density at radius 2 is 2.00 bits per heavy atom. The summed E-state index contributed by atoms with van der Waals surface area (Å²) >= 11 is 0. The molecule has 0 fully saturated rings. The number of nitro groups is 1. The van der Waals surface area contributed by atoms with Gasteiger partial charge >= 0.3 is 0 Å². The van der Waals surface area contributed by atoms with Crippen molar-refractivity contribution in [1.29, 1.82) is 0 Å². The number of benzene rings is 1. The lowest BCUT2D eigenvalue weighted by Crippen LogP contribution is -1.99. The summed E-state index contributed by atoms with van der Waals surface area (Å²) in [4.78, 5) is 20.3. The molecule has 1 aromatic rings.